The lowest BCUT2D eigenvalue weighted by Gasteiger charge is -2.33. The van der Waals surface area contributed by atoms with Crippen molar-refractivity contribution in [2.45, 2.75) is 84.7 Å². The third-order valence-corrected chi connectivity index (χ3v) is 6.60. The van der Waals surface area contributed by atoms with Crippen molar-refractivity contribution in [3.63, 3.8) is 0 Å². The molecule has 0 radical (unpaired) electrons. The zero-order chi connectivity index (χ0) is 27.6. The first-order valence-electron chi connectivity index (χ1n) is 13.3. The molecule has 2 aromatic rings. The number of benzene rings is 2. The summed E-state index contributed by atoms with van der Waals surface area (Å²) in [5.74, 6) is -0.430. The van der Waals surface area contributed by atoms with E-state index in [1.165, 1.54) is 4.90 Å². The number of rotatable bonds is 14. The van der Waals surface area contributed by atoms with Gasteiger partial charge in [-0.3, -0.25) is 4.79 Å². The number of nitrogens with zero attached hydrogens (tertiary/aromatic N) is 1. The van der Waals surface area contributed by atoms with Crippen LogP contribution in [0, 0.1) is 5.92 Å². The Labute approximate surface area is 221 Å². The Kier molecular flexibility index (Phi) is 11.8. The number of carboxylic acid groups (broad SMARTS) is 1. The van der Waals surface area contributed by atoms with Crippen LogP contribution in [0.4, 0.5) is 4.79 Å². The highest BCUT2D eigenvalue weighted by Crippen LogP contribution is 2.32. The van der Waals surface area contributed by atoms with Crippen LogP contribution < -0.4 is 11.1 Å². The highest BCUT2D eigenvalue weighted by Gasteiger charge is 2.32. The smallest absolute Gasteiger partial charge is 0.407 e. The van der Waals surface area contributed by atoms with Crippen molar-refractivity contribution < 1.29 is 24.2 Å². The summed E-state index contributed by atoms with van der Waals surface area (Å²) in [6.07, 6.45) is 0.295. The second-order valence-electron chi connectivity index (χ2n) is 10.4. The summed E-state index contributed by atoms with van der Waals surface area (Å²) < 4.78 is 11.8. The van der Waals surface area contributed by atoms with Crippen molar-refractivity contribution in [2.24, 2.45) is 11.7 Å². The van der Waals surface area contributed by atoms with Crippen LogP contribution in [0.25, 0.3) is 10.8 Å². The molecule has 0 aliphatic heterocycles. The van der Waals surface area contributed by atoms with Crippen molar-refractivity contribution in [1.29, 1.82) is 0 Å². The Balaban J connectivity index is 2.18. The standard InChI is InChI=1S/C29H45N3O5/c1-7-36-27(37-8-2)20(3)25(23-17-13-15-21-14-9-10-16-22(21)23)31-26(33)24(30)18-11-12-19-32(28(34)35)29(4,5)6/h9-10,13-17,20,24-25,27H,7-8,11-12,18-19,30H2,1-6H3,(H,31,33)(H,34,35)/t20-,24?,25-/m0/s1. The number of carbonyl (C=O) groups is 2. The molecule has 0 fully saturated rings. The molecule has 37 heavy (non-hydrogen) atoms. The molecule has 0 aliphatic rings. The van der Waals surface area contributed by atoms with Gasteiger partial charge in [0.25, 0.3) is 0 Å². The number of fused-ring (bicyclic) bond motifs is 1. The number of amides is 2. The maximum absolute atomic E-state index is 13.3. The molecule has 1 unspecified atom stereocenters. The molecule has 2 amide bonds. The first-order valence-corrected chi connectivity index (χ1v) is 13.3. The van der Waals surface area contributed by atoms with Crippen LogP contribution in [0.3, 0.4) is 0 Å². The Bertz CT molecular complexity index is 995. The number of nitrogens with two attached hydrogens (primary N) is 1. The summed E-state index contributed by atoms with van der Waals surface area (Å²) in [6.45, 7) is 12.8. The minimum absolute atomic E-state index is 0.183. The molecule has 8 nitrogen and oxygen atoms in total. The number of ether oxygens (including phenoxy) is 2. The van der Waals surface area contributed by atoms with Crippen LogP contribution in [-0.2, 0) is 14.3 Å². The van der Waals surface area contributed by atoms with Gasteiger partial charge in [0.15, 0.2) is 6.29 Å². The predicted molar refractivity (Wildman–Crippen MR) is 147 cm³/mol. The van der Waals surface area contributed by atoms with Crippen molar-refractivity contribution >= 4 is 22.8 Å². The van der Waals surface area contributed by atoms with Gasteiger partial charge in [0.2, 0.25) is 5.91 Å². The number of carbonyl (C=O) groups excluding carboxylic acids is 1. The van der Waals surface area contributed by atoms with Crippen molar-refractivity contribution in [1.82, 2.24) is 10.2 Å². The van der Waals surface area contributed by atoms with E-state index in [0.29, 0.717) is 39.0 Å². The van der Waals surface area contributed by atoms with E-state index in [9.17, 15) is 14.7 Å². The lowest BCUT2D eigenvalue weighted by Crippen LogP contribution is -2.46. The Morgan fingerprint density at radius 1 is 1.03 bits per heavy atom. The van der Waals surface area contributed by atoms with Crippen molar-refractivity contribution in [3.8, 4) is 0 Å². The predicted octanol–water partition coefficient (Wildman–Crippen LogP) is 5.31. The molecule has 4 N–H and O–H groups in total. The van der Waals surface area contributed by atoms with Crippen LogP contribution in [0.2, 0.25) is 0 Å². The van der Waals surface area contributed by atoms with Gasteiger partial charge in [-0.15, -0.1) is 0 Å². The molecule has 0 aromatic heterocycles. The van der Waals surface area contributed by atoms with Crippen LogP contribution in [0.1, 0.15) is 72.4 Å². The summed E-state index contributed by atoms with van der Waals surface area (Å²) in [6, 6.07) is 13.1. The van der Waals surface area contributed by atoms with E-state index in [1.54, 1.807) is 0 Å². The first kappa shape index (κ1) is 30.5. The van der Waals surface area contributed by atoms with Crippen LogP contribution in [-0.4, -0.2) is 59.6 Å². The average molecular weight is 516 g/mol. The van der Waals surface area contributed by atoms with E-state index >= 15 is 0 Å². The number of hydrogen-bond acceptors (Lipinski definition) is 5. The highest BCUT2D eigenvalue weighted by molar-refractivity contribution is 5.87. The topological polar surface area (TPSA) is 114 Å². The van der Waals surface area contributed by atoms with Crippen LogP contribution >= 0.6 is 0 Å². The van der Waals surface area contributed by atoms with Gasteiger partial charge < -0.3 is 30.5 Å². The van der Waals surface area contributed by atoms with Crippen molar-refractivity contribution in [3.05, 3.63) is 48.0 Å². The van der Waals surface area contributed by atoms with E-state index in [-0.39, 0.29) is 17.9 Å². The molecule has 2 rings (SSSR count). The third kappa shape index (κ3) is 8.69. The molecule has 0 heterocycles. The summed E-state index contributed by atoms with van der Waals surface area (Å²) in [4.78, 5) is 26.3. The van der Waals surface area contributed by atoms with Gasteiger partial charge in [-0.1, -0.05) is 49.4 Å². The average Bonchev–Trinajstić information content (AvgIpc) is 2.85. The number of hydrogen-bond donors (Lipinski definition) is 3. The summed E-state index contributed by atoms with van der Waals surface area (Å²) in [7, 11) is 0. The molecule has 2 aromatic carbocycles. The van der Waals surface area contributed by atoms with Gasteiger partial charge in [0, 0.05) is 31.2 Å². The second kappa shape index (κ2) is 14.3. The fraction of sp³-hybridized carbons (Fsp3) is 0.586. The van der Waals surface area contributed by atoms with E-state index in [0.717, 1.165) is 16.3 Å². The van der Waals surface area contributed by atoms with E-state index in [1.807, 2.05) is 65.8 Å². The normalized spacial score (nSPS) is 14.4. The lowest BCUT2D eigenvalue weighted by molar-refractivity contribution is -0.170. The zero-order valence-electron chi connectivity index (χ0n) is 23.2. The van der Waals surface area contributed by atoms with E-state index < -0.39 is 24.0 Å². The van der Waals surface area contributed by atoms with Gasteiger partial charge >= 0.3 is 6.09 Å². The Morgan fingerprint density at radius 2 is 1.65 bits per heavy atom. The summed E-state index contributed by atoms with van der Waals surface area (Å²) in [5.41, 5.74) is 6.81. The SMILES string of the molecule is CCOC(OCC)[C@@H](C)[C@H](NC(=O)C(N)CCCCN(C(=O)O)C(C)(C)C)c1cccc2ccccc12. The molecule has 3 atom stereocenters. The Morgan fingerprint density at radius 3 is 2.24 bits per heavy atom. The maximum atomic E-state index is 13.3. The molecule has 0 saturated heterocycles. The monoisotopic (exact) mass is 515 g/mol. The fourth-order valence-corrected chi connectivity index (χ4v) is 4.59. The molecule has 0 saturated carbocycles. The van der Waals surface area contributed by atoms with Gasteiger partial charge in [0.05, 0.1) is 12.1 Å². The number of unbranched alkanes of at least 4 members (excludes halogenated alkanes) is 1. The quantitative estimate of drug-likeness (QED) is 0.232. The molecular formula is C29H45N3O5. The summed E-state index contributed by atoms with van der Waals surface area (Å²) in [5, 5.41) is 14.8. The Hall–Kier alpha value is -2.68. The maximum Gasteiger partial charge on any atom is 0.407 e. The zero-order valence-corrected chi connectivity index (χ0v) is 23.2. The fourth-order valence-electron chi connectivity index (χ4n) is 4.59. The first-order chi connectivity index (χ1) is 17.5. The second-order valence-corrected chi connectivity index (χ2v) is 10.4. The van der Waals surface area contributed by atoms with Gasteiger partial charge in [-0.05, 0) is 70.2 Å². The van der Waals surface area contributed by atoms with Gasteiger partial charge in [0.1, 0.15) is 0 Å². The van der Waals surface area contributed by atoms with Gasteiger partial charge in [-0.2, -0.15) is 0 Å². The summed E-state index contributed by atoms with van der Waals surface area (Å²) >= 11 is 0. The molecule has 0 aliphatic carbocycles. The molecule has 0 bridgehead atoms. The highest BCUT2D eigenvalue weighted by atomic mass is 16.7. The molecule has 8 heteroatoms. The number of nitrogens with one attached hydrogen (secondary N) is 1. The van der Waals surface area contributed by atoms with Crippen LogP contribution in [0.5, 0.6) is 0 Å². The van der Waals surface area contributed by atoms with Gasteiger partial charge in [-0.25, -0.2) is 4.79 Å². The minimum atomic E-state index is -0.945. The lowest BCUT2D eigenvalue weighted by atomic mass is 9.89. The van der Waals surface area contributed by atoms with Crippen molar-refractivity contribution in [2.75, 3.05) is 19.8 Å². The van der Waals surface area contributed by atoms with E-state index in [2.05, 4.69) is 23.5 Å². The third-order valence-electron chi connectivity index (χ3n) is 6.60. The minimum Gasteiger partial charge on any atom is -0.465 e. The molecule has 206 valence electrons. The molecule has 0 spiro atoms. The molecular weight excluding hydrogens is 470 g/mol. The van der Waals surface area contributed by atoms with Crippen LogP contribution in [0.15, 0.2) is 42.5 Å². The largest absolute Gasteiger partial charge is 0.465 e. The van der Waals surface area contributed by atoms with E-state index in [4.69, 9.17) is 15.2 Å².